The van der Waals surface area contributed by atoms with Crippen LogP contribution in [0.5, 0.6) is 5.75 Å². The van der Waals surface area contributed by atoms with Crippen molar-refractivity contribution in [1.82, 2.24) is 0 Å². The fourth-order valence-corrected chi connectivity index (χ4v) is 1.93. The first-order valence-corrected chi connectivity index (χ1v) is 5.98. The van der Waals surface area contributed by atoms with Crippen molar-refractivity contribution in [2.45, 2.75) is 0 Å². The Morgan fingerprint density at radius 3 is 2.58 bits per heavy atom. The predicted molar refractivity (Wildman–Crippen MR) is 72.5 cm³/mol. The van der Waals surface area contributed by atoms with Gasteiger partial charge in [0.15, 0.2) is 0 Å². The van der Waals surface area contributed by atoms with Gasteiger partial charge in [-0.2, -0.15) is 0 Å². The zero-order chi connectivity index (χ0) is 14.0. The van der Waals surface area contributed by atoms with Gasteiger partial charge in [-0.1, -0.05) is 23.2 Å². The van der Waals surface area contributed by atoms with Crippen molar-refractivity contribution in [2.24, 2.45) is 0 Å². The maximum atomic E-state index is 13.0. The third-order valence-electron chi connectivity index (χ3n) is 2.38. The number of carbonyl (C=O) groups is 1. The first kappa shape index (κ1) is 13.6. The van der Waals surface area contributed by atoms with Gasteiger partial charge in [-0.3, -0.25) is 4.79 Å². The standard InChI is InChI=1S/C13H8Cl2FNO2/c14-7-1-3-11(10(15)5-7)17-13(19)9-6-8(16)2-4-12(9)18/h1-6,18H,(H,17,19). The second-order valence-electron chi connectivity index (χ2n) is 3.74. The molecule has 0 heterocycles. The fourth-order valence-electron chi connectivity index (χ4n) is 1.47. The van der Waals surface area contributed by atoms with Crippen molar-refractivity contribution >= 4 is 34.8 Å². The molecular formula is C13H8Cl2FNO2. The average Bonchev–Trinajstić information content (AvgIpc) is 2.35. The molecule has 2 N–H and O–H groups in total. The minimum Gasteiger partial charge on any atom is -0.507 e. The highest BCUT2D eigenvalue weighted by atomic mass is 35.5. The van der Waals surface area contributed by atoms with E-state index in [9.17, 15) is 14.3 Å². The lowest BCUT2D eigenvalue weighted by Crippen LogP contribution is -2.12. The number of anilines is 1. The molecule has 0 fully saturated rings. The number of hydrogen-bond donors (Lipinski definition) is 2. The summed E-state index contributed by atoms with van der Waals surface area (Å²) in [4.78, 5) is 11.9. The summed E-state index contributed by atoms with van der Waals surface area (Å²) in [5, 5.41) is 12.7. The molecule has 2 rings (SSSR count). The molecule has 0 aromatic heterocycles. The average molecular weight is 300 g/mol. The molecule has 0 saturated carbocycles. The summed E-state index contributed by atoms with van der Waals surface area (Å²) in [6.45, 7) is 0. The van der Waals surface area contributed by atoms with E-state index in [1.54, 1.807) is 6.07 Å². The molecule has 6 heteroatoms. The Kier molecular flexibility index (Phi) is 3.93. The van der Waals surface area contributed by atoms with E-state index in [1.807, 2.05) is 0 Å². The lowest BCUT2D eigenvalue weighted by atomic mass is 10.1. The molecule has 0 saturated heterocycles. The summed E-state index contributed by atoms with van der Waals surface area (Å²) >= 11 is 11.6. The summed E-state index contributed by atoms with van der Waals surface area (Å²) in [6, 6.07) is 7.63. The Hall–Kier alpha value is -1.78. The quantitative estimate of drug-likeness (QED) is 0.877. The van der Waals surface area contributed by atoms with E-state index in [0.717, 1.165) is 18.2 Å². The van der Waals surface area contributed by atoms with Crippen molar-refractivity contribution in [3.05, 3.63) is 57.8 Å². The smallest absolute Gasteiger partial charge is 0.259 e. The minimum absolute atomic E-state index is 0.175. The molecule has 2 aromatic carbocycles. The normalized spacial score (nSPS) is 10.3. The van der Waals surface area contributed by atoms with Gasteiger partial charge in [0.05, 0.1) is 16.3 Å². The van der Waals surface area contributed by atoms with E-state index in [2.05, 4.69) is 5.32 Å². The Labute approximate surface area is 118 Å². The maximum Gasteiger partial charge on any atom is 0.259 e. The zero-order valence-corrected chi connectivity index (χ0v) is 11.0. The van der Waals surface area contributed by atoms with Crippen LogP contribution in [0.4, 0.5) is 10.1 Å². The third-order valence-corrected chi connectivity index (χ3v) is 2.93. The van der Waals surface area contributed by atoms with E-state index < -0.39 is 11.7 Å². The number of carbonyl (C=O) groups excluding carboxylic acids is 1. The van der Waals surface area contributed by atoms with Crippen LogP contribution in [0, 0.1) is 5.82 Å². The van der Waals surface area contributed by atoms with Gasteiger partial charge >= 0.3 is 0 Å². The zero-order valence-electron chi connectivity index (χ0n) is 9.45. The number of amides is 1. The summed E-state index contributed by atoms with van der Waals surface area (Å²) in [5.74, 6) is -1.60. The van der Waals surface area contributed by atoms with E-state index in [0.29, 0.717) is 10.7 Å². The highest BCUT2D eigenvalue weighted by Gasteiger charge is 2.13. The summed E-state index contributed by atoms with van der Waals surface area (Å²) in [6.07, 6.45) is 0. The van der Waals surface area contributed by atoms with Crippen LogP contribution in [0.1, 0.15) is 10.4 Å². The van der Waals surface area contributed by atoms with E-state index >= 15 is 0 Å². The van der Waals surface area contributed by atoms with Crippen LogP contribution in [0.25, 0.3) is 0 Å². The molecule has 98 valence electrons. The number of rotatable bonds is 2. The molecule has 0 aliphatic rings. The van der Waals surface area contributed by atoms with Gasteiger partial charge < -0.3 is 10.4 Å². The Morgan fingerprint density at radius 2 is 1.89 bits per heavy atom. The topological polar surface area (TPSA) is 49.3 Å². The maximum absolute atomic E-state index is 13.0. The number of benzene rings is 2. The molecule has 0 spiro atoms. The molecule has 0 atom stereocenters. The first-order valence-electron chi connectivity index (χ1n) is 5.22. The van der Waals surface area contributed by atoms with Gasteiger partial charge in [0.25, 0.3) is 5.91 Å². The van der Waals surface area contributed by atoms with E-state index in [1.165, 1.54) is 12.1 Å². The highest BCUT2D eigenvalue weighted by molar-refractivity contribution is 6.36. The molecule has 19 heavy (non-hydrogen) atoms. The molecule has 0 unspecified atom stereocenters. The van der Waals surface area contributed by atoms with Crippen LogP contribution >= 0.6 is 23.2 Å². The van der Waals surface area contributed by atoms with E-state index in [4.69, 9.17) is 23.2 Å². The van der Waals surface area contributed by atoms with Crippen LogP contribution < -0.4 is 5.32 Å². The lowest BCUT2D eigenvalue weighted by molar-refractivity contribution is 0.102. The fraction of sp³-hybridized carbons (Fsp3) is 0. The second-order valence-corrected chi connectivity index (χ2v) is 4.58. The van der Waals surface area contributed by atoms with Gasteiger partial charge in [-0.15, -0.1) is 0 Å². The number of nitrogens with one attached hydrogen (secondary N) is 1. The SMILES string of the molecule is O=C(Nc1ccc(Cl)cc1Cl)c1cc(F)ccc1O. The molecular weight excluding hydrogens is 292 g/mol. The largest absolute Gasteiger partial charge is 0.507 e. The van der Waals surface area contributed by atoms with Gasteiger partial charge in [0, 0.05) is 5.02 Å². The van der Waals surface area contributed by atoms with Crippen molar-refractivity contribution in [3.8, 4) is 5.75 Å². The molecule has 2 aromatic rings. The number of phenolic OH excluding ortho intramolecular Hbond substituents is 1. The van der Waals surface area contributed by atoms with Gasteiger partial charge in [-0.25, -0.2) is 4.39 Å². The number of phenols is 1. The molecule has 1 amide bonds. The van der Waals surface area contributed by atoms with Crippen LogP contribution in [-0.4, -0.2) is 11.0 Å². The van der Waals surface area contributed by atoms with Crippen LogP contribution in [0.15, 0.2) is 36.4 Å². The molecule has 3 nitrogen and oxygen atoms in total. The van der Waals surface area contributed by atoms with Gasteiger partial charge in [-0.05, 0) is 36.4 Å². The Bertz CT molecular complexity index is 647. The van der Waals surface area contributed by atoms with E-state index in [-0.39, 0.29) is 16.3 Å². The second kappa shape index (κ2) is 5.47. The number of hydrogen-bond acceptors (Lipinski definition) is 2. The van der Waals surface area contributed by atoms with Crippen molar-refractivity contribution < 1.29 is 14.3 Å². The minimum atomic E-state index is -0.666. The summed E-state index contributed by atoms with van der Waals surface area (Å²) < 4.78 is 13.0. The predicted octanol–water partition coefficient (Wildman–Crippen LogP) is 4.09. The lowest BCUT2D eigenvalue weighted by Gasteiger charge is -2.08. The summed E-state index contributed by atoms with van der Waals surface area (Å²) in [5.41, 5.74) is 0.144. The van der Waals surface area contributed by atoms with Gasteiger partial charge in [0.2, 0.25) is 0 Å². The van der Waals surface area contributed by atoms with Crippen molar-refractivity contribution in [3.63, 3.8) is 0 Å². The number of aromatic hydroxyl groups is 1. The van der Waals surface area contributed by atoms with Crippen LogP contribution in [0.3, 0.4) is 0 Å². The highest BCUT2D eigenvalue weighted by Crippen LogP contribution is 2.27. The van der Waals surface area contributed by atoms with Crippen LogP contribution in [0.2, 0.25) is 10.0 Å². The molecule has 0 aliphatic carbocycles. The third kappa shape index (κ3) is 3.16. The summed E-state index contributed by atoms with van der Waals surface area (Å²) in [7, 11) is 0. The van der Waals surface area contributed by atoms with Crippen molar-refractivity contribution in [2.75, 3.05) is 5.32 Å². The Morgan fingerprint density at radius 1 is 1.16 bits per heavy atom. The molecule has 0 aliphatic heterocycles. The molecule has 0 bridgehead atoms. The van der Waals surface area contributed by atoms with Crippen molar-refractivity contribution in [1.29, 1.82) is 0 Å². The number of halogens is 3. The monoisotopic (exact) mass is 299 g/mol. The van der Waals surface area contributed by atoms with Gasteiger partial charge in [0.1, 0.15) is 11.6 Å². The van der Waals surface area contributed by atoms with Crippen LogP contribution in [-0.2, 0) is 0 Å². The first-order chi connectivity index (χ1) is 8.97. The molecule has 0 radical (unpaired) electrons. The Balaban J connectivity index is 2.28.